The monoisotopic (exact) mass is 474 g/mol. The average Bonchev–Trinajstić information content (AvgIpc) is 3.43. The van der Waals surface area contributed by atoms with Crippen LogP contribution in [0.5, 0.6) is 0 Å². The van der Waals surface area contributed by atoms with Crippen molar-refractivity contribution in [1.82, 2.24) is 19.4 Å². The first-order valence-electron chi connectivity index (χ1n) is 10.9. The lowest BCUT2D eigenvalue weighted by atomic mass is 10.2. The zero-order chi connectivity index (χ0) is 23.5. The van der Waals surface area contributed by atoms with Crippen LogP contribution < -0.4 is 5.56 Å². The van der Waals surface area contributed by atoms with Crippen LogP contribution in [0.2, 0.25) is 0 Å². The molecule has 0 unspecified atom stereocenters. The first-order chi connectivity index (χ1) is 16.6. The van der Waals surface area contributed by atoms with Crippen molar-refractivity contribution in [2.45, 2.75) is 5.16 Å². The van der Waals surface area contributed by atoms with E-state index in [1.807, 2.05) is 42.5 Å². The summed E-state index contributed by atoms with van der Waals surface area (Å²) in [6.07, 6.45) is 1.47. The molecule has 34 heavy (non-hydrogen) atoms. The molecule has 1 aliphatic rings. The Morgan fingerprint density at radius 3 is 2.32 bits per heavy atom. The predicted molar refractivity (Wildman–Crippen MR) is 129 cm³/mol. The lowest BCUT2D eigenvalue weighted by molar-refractivity contribution is -0.129. The average molecular weight is 475 g/mol. The molecule has 1 aliphatic heterocycles. The van der Waals surface area contributed by atoms with Crippen molar-refractivity contribution >= 4 is 34.5 Å². The molecule has 0 radical (unpaired) electrons. The number of benzene rings is 2. The van der Waals surface area contributed by atoms with Gasteiger partial charge in [-0.2, -0.15) is 0 Å². The number of thioether (sulfide) groups is 1. The van der Waals surface area contributed by atoms with Crippen LogP contribution in [0.4, 0.5) is 0 Å². The third-order valence-electron chi connectivity index (χ3n) is 5.74. The van der Waals surface area contributed by atoms with E-state index in [9.17, 15) is 14.4 Å². The summed E-state index contributed by atoms with van der Waals surface area (Å²) in [4.78, 5) is 46.8. The van der Waals surface area contributed by atoms with Crippen LogP contribution >= 0.6 is 11.8 Å². The number of hydrogen-bond acceptors (Lipinski definition) is 6. The minimum Gasteiger partial charge on any atom is -0.459 e. The number of hydrogen-bond donors (Lipinski definition) is 0. The van der Waals surface area contributed by atoms with Crippen molar-refractivity contribution in [3.63, 3.8) is 0 Å². The summed E-state index contributed by atoms with van der Waals surface area (Å²) in [5, 5.41) is 0.995. The summed E-state index contributed by atoms with van der Waals surface area (Å²) in [5.41, 5.74) is 1.13. The summed E-state index contributed by atoms with van der Waals surface area (Å²) in [5.74, 6) is 0.219. The molecule has 0 aliphatic carbocycles. The SMILES string of the molecule is O=C(CSc1nc2ccccc2c(=O)n1-c1ccccc1)N1CCN(C(=O)c2ccco2)CC1. The third-order valence-corrected chi connectivity index (χ3v) is 6.66. The van der Waals surface area contributed by atoms with Crippen molar-refractivity contribution in [2.75, 3.05) is 31.9 Å². The smallest absolute Gasteiger partial charge is 0.289 e. The van der Waals surface area contributed by atoms with Gasteiger partial charge < -0.3 is 14.2 Å². The number of aromatic nitrogens is 2. The Morgan fingerprint density at radius 2 is 1.59 bits per heavy atom. The molecule has 0 bridgehead atoms. The predicted octanol–water partition coefficient (Wildman–Crippen LogP) is 3.06. The van der Waals surface area contributed by atoms with Gasteiger partial charge in [-0.1, -0.05) is 42.1 Å². The van der Waals surface area contributed by atoms with Crippen LogP contribution in [-0.2, 0) is 4.79 Å². The highest BCUT2D eigenvalue weighted by atomic mass is 32.2. The Bertz CT molecular complexity index is 1380. The lowest BCUT2D eigenvalue weighted by Crippen LogP contribution is -2.51. The Morgan fingerprint density at radius 1 is 0.882 bits per heavy atom. The number of furan rings is 1. The fourth-order valence-corrected chi connectivity index (χ4v) is 4.86. The van der Waals surface area contributed by atoms with Gasteiger partial charge in [0.25, 0.3) is 11.5 Å². The largest absolute Gasteiger partial charge is 0.459 e. The third kappa shape index (κ3) is 4.34. The van der Waals surface area contributed by atoms with Gasteiger partial charge in [0.15, 0.2) is 10.9 Å². The number of rotatable bonds is 5. The van der Waals surface area contributed by atoms with Crippen LogP contribution in [0.25, 0.3) is 16.6 Å². The van der Waals surface area contributed by atoms with Gasteiger partial charge in [-0.3, -0.25) is 19.0 Å². The zero-order valence-corrected chi connectivity index (χ0v) is 19.1. The number of nitrogens with zero attached hydrogens (tertiary/aromatic N) is 4. The second-order valence-electron chi connectivity index (χ2n) is 7.83. The Hall–Kier alpha value is -3.85. The molecule has 2 aromatic heterocycles. The van der Waals surface area contributed by atoms with Gasteiger partial charge >= 0.3 is 0 Å². The molecule has 172 valence electrons. The van der Waals surface area contributed by atoms with Gasteiger partial charge in [0.05, 0.1) is 28.6 Å². The second-order valence-corrected chi connectivity index (χ2v) is 8.77. The van der Waals surface area contributed by atoms with Gasteiger partial charge in [0, 0.05) is 26.2 Å². The molecule has 2 aromatic carbocycles. The molecule has 8 nitrogen and oxygen atoms in total. The van der Waals surface area contributed by atoms with E-state index in [4.69, 9.17) is 4.42 Å². The van der Waals surface area contributed by atoms with Crippen LogP contribution in [0, 0.1) is 0 Å². The summed E-state index contributed by atoms with van der Waals surface area (Å²) in [6, 6.07) is 19.8. The topological polar surface area (TPSA) is 88.7 Å². The van der Waals surface area contributed by atoms with E-state index in [1.165, 1.54) is 18.0 Å². The molecule has 2 amide bonds. The molecule has 9 heteroatoms. The Labute approximate surface area is 199 Å². The minimum atomic E-state index is -0.170. The quantitative estimate of drug-likeness (QED) is 0.326. The molecular formula is C25H22N4O4S. The van der Waals surface area contributed by atoms with Gasteiger partial charge in [-0.05, 0) is 36.4 Å². The standard InChI is InChI=1S/C25H22N4O4S/c30-22(27-12-14-28(15-13-27)24(32)21-11-6-16-33-21)17-34-25-26-20-10-5-4-9-19(20)23(31)29(25)18-7-2-1-3-8-18/h1-11,16H,12-15,17H2. The van der Waals surface area contributed by atoms with Gasteiger partial charge in [-0.15, -0.1) is 0 Å². The molecule has 0 saturated carbocycles. The number of carbonyl (C=O) groups is 2. The zero-order valence-electron chi connectivity index (χ0n) is 18.3. The summed E-state index contributed by atoms with van der Waals surface area (Å²) < 4.78 is 6.74. The van der Waals surface area contributed by atoms with Gasteiger partial charge in [0.1, 0.15) is 0 Å². The van der Waals surface area contributed by atoms with E-state index in [-0.39, 0.29) is 23.1 Å². The molecule has 5 rings (SSSR count). The van der Waals surface area contributed by atoms with E-state index in [0.717, 1.165) is 0 Å². The molecule has 4 aromatic rings. The van der Waals surface area contributed by atoms with Crippen molar-refractivity contribution < 1.29 is 14.0 Å². The van der Waals surface area contributed by atoms with Crippen molar-refractivity contribution in [2.24, 2.45) is 0 Å². The number of carbonyl (C=O) groups excluding carboxylic acids is 2. The molecule has 1 fully saturated rings. The number of para-hydroxylation sites is 2. The van der Waals surface area contributed by atoms with E-state index in [1.54, 1.807) is 38.6 Å². The first kappa shape index (κ1) is 22.0. The van der Waals surface area contributed by atoms with Crippen LogP contribution in [-0.4, -0.2) is 63.1 Å². The van der Waals surface area contributed by atoms with E-state index in [2.05, 4.69) is 4.98 Å². The van der Waals surface area contributed by atoms with Gasteiger partial charge in [0.2, 0.25) is 5.91 Å². The lowest BCUT2D eigenvalue weighted by Gasteiger charge is -2.34. The maximum atomic E-state index is 13.3. The number of amides is 2. The highest BCUT2D eigenvalue weighted by molar-refractivity contribution is 7.99. The molecule has 0 spiro atoms. The molecule has 3 heterocycles. The van der Waals surface area contributed by atoms with Crippen molar-refractivity contribution in [3.8, 4) is 5.69 Å². The highest BCUT2D eigenvalue weighted by Gasteiger charge is 2.26. The fourth-order valence-electron chi connectivity index (χ4n) is 3.95. The summed E-state index contributed by atoms with van der Waals surface area (Å²) in [6.45, 7) is 1.78. The maximum absolute atomic E-state index is 13.3. The fraction of sp³-hybridized carbons (Fsp3) is 0.200. The number of piperazine rings is 1. The maximum Gasteiger partial charge on any atom is 0.289 e. The first-order valence-corrected chi connectivity index (χ1v) is 11.9. The molecule has 0 atom stereocenters. The van der Waals surface area contributed by atoms with Crippen molar-refractivity contribution in [1.29, 1.82) is 0 Å². The van der Waals surface area contributed by atoms with Crippen molar-refractivity contribution in [3.05, 3.63) is 89.1 Å². The summed E-state index contributed by atoms with van der Waals surface area (Å²) in [7, 11) is 0. The number of fused-ring (bicyclic) bond motifs is 1. The van der Waals surface area contributed by atoms with Gasteiger partial charge in [-0.25, -0.2) is 4.98 Å². The highest BCUT2D eigenvalue weighted by Crippen LogP contribution is 2.22. The van der Waals surface area contributed by atoms with E-state index < -0.39 is 0 Å². The summed E-state index contributed by atoms with van der Waals surface area (Å²) >= 11 is 1.24. The second kappa shape index (κ2) is 9.56. The molecule has 1 saturated heterocycles. The minimum absolute atomic E-state index is 0.0582. The normalized spacial score (nSPS) is 13.9. The van der Waals surface area contributed by atoms with Crippen LogP contribution in [0.1, 0.15) is 10.6 Å². The van der Waals surface area contributed by atoms with E-state index in [0.29, 0.717) is 53.7 Å². The molecular weight excluding hydrogens is 452 g/mol. The van der Waals surface area contributed by atoms with E-state index >= 15 is 0 Å². The Kier molecular flexibility index (Phi) is 6.18. The Balaban J connectivity index is 1.31. The molecule has 0 N–H and O–H groups in total. The van der Waals surface area contributed by atoms with Crippen LogP contribution in [0.15, 0.2) is 87.4 Å². The van der Waals surface area contributed by atoms with Crippen LogP contribution in [0.3, 0.4) is 0 Å².